The Labute approximate surface area is 166 Å². The van der Waals surface area contributed by atoms with Gasteiger partial charge in [0.2, 0.25) is 0 Å². The lowest BCUT2D eigenvalue weighted by atomic mass is 9.78. The fourth-order valence-corrected chi connectivity index (χ4v) is 3.20. The molecule has 0 aliphatic carbocycles. The molecule has 146 valence electrons. The summed E-state index contributed by atoms with van der Waals surface area (Å²) in [4.78, 5) is 22.9. The van der Waals surface area contributed by atoms with Crippen LogP contribution in [0.5, 0.6) is 5.75 Å². The van der Waals surface area contributed by atoms with Gasteiger partial charge in [0.25, 0.3) is 0 Å². The van der Waals surface area contributed by atoms with Gasteiger partial charge in [-0.1, -0.05) is 23.9 Å². The van der Waals surface area contributed by atoms with Crippen LogP contribution in [0, 0.1) is 0 Å². The lowest BCUT2D eigenvalue weighted by Gasteiger charge is -2.32. The van der Waals surface area contributed by atoms with Crippen molar-refractivity contribution in [3.05, 3.63) is 34.8 Å². The molecule has 0 unspecified atom stereocenters. The standard InChI is InChI=1S/C20H27BO5S/c1-7-24-18-9-8-15(10-16(18)12-22)11-17(13-27-14(2)23)21-25-19(3,4)20(5,6)26-21/h8-12H,7,13H2,1-6H3. The fourth-order valence-electron chi connectivity index (χ4n) is 2.61. The maximum Gasteiger partial charge on any atom is 0.491 e. The molecule has 0 spiro atoms. The molecule has 0 radical (unpaired) electrons. The van der Waals surface area contributed by atoms with Crippen LogP contribution < -0.4 is 4.74 Å². The first-order valence-corrected chi connectivity index (χ1v) is 9.99. The van der Waals surface area contributed by atoms with Gasteiger partial charge in [0, 0.05) is 12.7 Å². The Morgan fingerprint density at radius 3 is 2.37 bits per heavy atom. The van der Waals surface area contributed by atoms with Crippen LogP contribution in [0.1, 0.15) is 57.5 Å². The van der Waals surface area contributed by atoms with Crippen molar-refractivity contribution in [3.63, 3.8) is 0 Å². The number of carbonyl (C=O) groups excluding carboxylic acids is 2. The molecule has 0 bridgehead atoms. The second-order valence-corrected chi connectivity index (χ2v) is 8.59. The quantitative estimate of drug-likeness (QED) is 0.514. The predicted molar refractivity (Wildman–Crippen MR) is 110 cm³/mol. The number of carbonyl (C=O) groups is 2. The number of hydrogen-bond acceptors (Lipinski definition) is 6. The first-order valence-electron chi connectivity index (χ1n) is 9.01. The van der Waals surface area contributed by atoms with Crippen LogP contribution >= 0.6 is 11.8 Å². The van der Waals surface area contributed by atoms with E-state index in [0.29, 0.717) is 23.7 Å². The van der Waals surface area contributed by atoms with Crippen molar-refractivity contribution in [1.29, 1.82) is 0 Å². The van der Waals surface area contributed by atoms with Crippen molar-refractivity contribution in [2.45, 2.75) is 52.7 Å². The van der Waals surface area contributed by atoms with Crippen molar-refractivity contribution in [1.82, 2.24) is 0 Å². The first-order chi connectivity index (χ1) is 12.6. The molecule has 1 aromatic rings. The van der Waals surface area contributed by atoms with Gasteiger partial charge in [-0.05, 0) is 57.8 Å². The van der Waals surface area contributed by atoms with Crippen LogP contribution in [0.2, 0.25) is 0 Å². The van der Waals surface area contributed by atoms with Crippen molar-refractivity contribution in [3.8, 4) is 5.75 Å². The Bertz CT molecular complexity index is 726. The zero-order valence-corrected chi connectivity index (χ0v) is 17.6. The lowest BCUT2D eigenvalue weighted by Crippen LogP contribution is -2.41. The minimum Gasteiger partial charge on any atom is -0.493 e. The molecule has 1 aliphatic heterocycles. The summed E-state index contributed by atoms with van der Waals surface area (Å²) in [7, 11) is -0.548. The highest BCUT2D eigenvalue weighted by atomic mass is 32.2. The fraction of sp³-hybridized carbons (Fsp3) is 0.500. The average Bonchev–Trinajstić information content (AvgIpc) is 2.80. The highest BCUT2D eigenvalue weighted by Gasteiger charge is 2.52. The number of rotatable bonds is 7. The van der Waals surface area contributed by atoms with Gasteiger partial charge < -0.3 is 14.0 Å². The molecule has 0 saturated carbocycles. The molecule has 2 rings (SSSR count). The first kappa shape index (κ1) is 21.7. The predicted octanol–water partition coefficient (Wildman–Crippen LogP) is 4.19. The summed E-state index contributed by atoms with van der Waals surface area (Å²) in [6.45, 7) is 11.9. The average molecular weight is 390 g/mol. The van der Waals surface area contributed by atoms with Crippen LogP contribution in [0.15, 0.2) is 23.7 Å². The number of hydrogen-bond donors (Lipinski definition) is 0. The van der Waals surface area contributed by atoms with Gasteiger partial charge in [0.15, 0.2) is 11.4 Å². The molecule has 0 atom stereocenters. The normalized spacial score (nSPS) is 18.4. The van der Waals surface area contributed by atoms with Crippen molar-refractivity contribution < 1.29 is 23.6 Å². The third-order valence-electron chi connectivity index (χ3n) is 4.81. The molecule has 1 fully saturated rings. The zero-order valence-electron chi connectivity index (χ0n) is 16.8. The van der Waals surface area contributed by atoms with Crippen molar-refractivity contribution in [2.24, 2.45) is 0 Å². The van der Waals surface area contributed by atoms with E-state index < -0.39 is 18.3 Å². The van der Waals surface area contributed by atoms with E-state index in [0.717, 1.165) is 17.3 Å². The van der Waals surface area contributed by atoms with E-state index >= 15 is 0 Å². The van der Waals surface area contributed by atoms with E-state index in [9.17, 15) is 9.59 Å². The van der Waals surface area contributed by atoms with Gasteiger partial charge in [-0.15, -0.1) is 0 Å². The summed E-state index contributed by atoms with van der Waals surface area (Å²) in [6, 6.07) is 5.42. The minimum absolute atomic E-state index is 0.0256. The third kappa shape index (κ3) is 5.24. The van der Waals surface area contributed by atoms with Crippen LogP contribution in [-0.4, -0.2) is 42.1 Å². The number of thioether (sulfide) groups is 1. The molecule has 0 aromatic heterocycles. The minimum atomic E-state index is -0.548. The molecule has 0 amide bonds. The van der Waals surface area contributed by atoms with E-state index in [2.05, 4.69) is 0 Å². The third-order valence-corrected chi connectivity index (χ3v) is 5.70. The van der Waals surface area contributed by atoms with E-state index in [1.807, 2.05) is 46.8 Å². The second kappa shape index (κ2) is 8.63. The summed E-state index contributed by atoms with van der Waals surface area (Å²) >= 11 is 1.21. The topological polar surface area (TPSA) is 61.8 Å². The smallest absolute Gasteiger partial charge is 0.491 e. The molecule has 1 heterocycles. The van der Waals surface area contributed by atoms with Gasteiger partial charge in [-0.25, -0.2) is 0 Å². The summed E-state index contributed by atoms with van der Waals surface area (Å²) in [6.07, 6.45) is 2.70. The Kier molecular flexibility index (Phi) is 6.95. The summed E-state index contributed by atoms with van der Waals surface area (Å²) in [5.74, 6) is 1.01. The second-order valence-electron chi connectivity index (χ2n) is 7.44. The van der Waals surface area contributed by atoms with E-state index in [4.69, 9.17) is 14.0 Å². The molecule has 5 nitrogen and oxygen atoms in total. The lowest BCUT2D eigenvalue weighted by molar-refractivity contribution is -0.109. The summed E-state index contributed by atoms with van der Waals surface area (Å²) in [5, 5.41) is 0.0256. The maximum atomic E-state index is 11.5. The van der Waals surface area contributed by atoms with Crippen LogP contribution in [0.25, 0.3) is 6.08 Å². The Morgan fingerprint density at radius 2 is 1.85 bits per heavy atom. The van der Waals surface area contributed by atoms with Gasteiger partial charge in [0.1, 0.15) is 5.75 Å². The van der Waals surface area contributed by atoms with Gasteiger partial charge in [-0.2, -0.15) is 0 Å². The van der Waals surface area contributed by atoms with Gasteiger partial charge in [0.05, 0.1) is 23.4 Å². The van der Waals surface area contributed by atoms with Gasteiger partial charge in [-0.3, -0.25) is 9.59 Å². The number of ether oxygens (including phenoxy) is 1. The summed E-state index contributed by atoms with van der Waals surface area (Å²) in [5.41, 5.74) is 1.22. The molecular weight excluding hydrogens is 363 g/mol. The van der Waals surface area contributed by atoms with Crippen molar-refractivity contribution >= 4 is 36.4 Å². The van der Waals surface area contributed by atoms with E-state index in [1.54, 1.807) is 12.1 Å². The maximum absolute atomic E-state index is 11.5. The highest BCUT2D eigenvalue weighted by Crippen LogP contribution is 2.39. The highest BCUT2D eigenvalue weighted by molar-refractivity contribution is 8.13. The zero-order chi connectivity index (χ0) is 20.2. The van der Waals surface area contributed by atoms with E-state index in [1.165, 1.54) is 18.7 Å². The SMILES string of the molecule is CCOc1ccc(C=C(CSC(C)=O)B2OC(C)(C)C(C)(C)O2)cc1C=O. The Hall–Kier alpha value is -1.57. The van der Waals surface area contributed by atoms with Crippen LogP contribution in [0.4, 0.5) is 0 Å². The Balaban J connectivity index is 2.36. The van der Waals surface area contributed by atoms with E-state index in [-0.39, 0.29) is 5.12 Å². The largest absolute Gasteiger partial charge is 0.493 e. The summed E-state index contributed by atoms with van der Waals surface area (Å²) < 4.78 is 17.8. The van der Waals surface area contributed by atoms with Crippen LogP contribution in [-0.2, 0) is 14.1 Å². The molecular formula is C20H27BO5S. The Morgan fingerprint density at radius 1 is 1.22 bits per heavy atom. The molecule has 1 aliphatic rings. The molecule has 0 N–H and O–H groups in total. The molecule has 27 heavy (non-hydrogen) atoms. The molecule has 7 heteroatoms. The number of benzene rings is 1. The number of aldehydes is 1. The monoisotopic (exact) mass is 390 g/mol. The van der Waals surface area contributed by atoms with Crippen molar-refractivity contribution in [2.75, 3.05) is 12.4 Å². The molecule has 1 saturated heterocycles. The van der Waals surface area contributed by atoms with Gasteiger partial charge >= 0.3 is 7.12 Å². The van der Waals surface area contributed by atoms with Crippen LogP contribution in [0.3, 0.4) is 0 Å². The molecule has 1 aromatic carbocycles.